The number of hydrogen-bond acceptors (Lipinski definition) is 5. The van der Waals surface area contributed by atoms with Gasteiger partial charge in [0.25, 0.3) is 0 Å². The largest absolute Gasteiger partial charge is 0.298 e. The first-order valence-electron chi connectivity index (χ1n) is 12.3. The molecule has 0 N–H and O–H groups in total. The van der Waals surface area contributed by atoms with E-state index in [0.717, 1.165) is 53.5 Å². The molecule has 35 heavy (non-hydrogen) atoms. The summed E-state index contributed by atoms with van der Waals surface area (Å²) in [5, 5.41) is 13.3. The van der Waals surface area contributed by atoms with E-state index in [4.69, 9.17) is 10.1 Å². The molecule has 1 atom stereocenters. The molecule has 0 saturated carbocycles. The van der Waals surface area contributed by atoms with E-state index in [0.29, 0.717) is 5.92 Å². The SMILES string of the molecule is Cc1cn(-c2cccc(-c3c(C)nn4c(C5CCCN(Cc6ccccc6)C5)ccnc34)c2)nn1. The normalized spacial score (nSPS) is 16.7. The summed E-state index contributed by atoms with van der Waals surface area (Å²) in [7, 11) is 0. The van der Waals surface area contributed by atoms with Gasteiger partial charge in [0.05, 0.1) is 29.0 Å². The van der Waals surface area contributed by atoms with E-state index in [9.17, 15) is 0 Å². The Bertz CT molecular complexity index is 1470. The number of aryl methyl sites for hydroxylation is 2. The second-order valence-corrected chi connectivity index (χ2v) is 9.48. The predicted molar refractivity (Wildman–Crippen MR) is 137 cm³/mol. The Morgan fingerprint density at radius 2 is 1.89 bits per heavy atom. The highest BCUT2D eigenvalue weighted by molar-refractivity contribution is 5.80. The average Bonchev–Trinajstić information content (AvgIpc) is 3.47. The topological polar surface area (TPSA) is 64.1 Å². The molecular formula is C28H29N7. The Kier molecular flexibility index (Phi) is 5.62. The van der Waals surface area contributed by atoms with Crippen LogP contribution in [0.5, 0.6) is 0 Å². The molecule has 2 aromatic carbocycles. The summed E-state index contributed by atoms with van der Waals surface area (Å²) in [6, 6.07) is 21.2. The number of likely N-dealkylation sites (tertiary alicyclic amines) is 1. The van der Waals surface area contributed by atoms with Crippen molar-refractivity contribution in [3.05, 3.63) is 95.7 Å². The van der Waals surface area contributed by atoms with Crippen LogP contribution in [0.25, 0.3) is 22.5 Å². The molecule has 0 radical (unpaired) electrons. The van der Waals surface area contributed by atoms with Crippen molar-refractivity contribution < 1.29 is 0 Å². The Balaban J connectivity index is 1.34. The lowest BCUT2D eigenvalue weighted by Gasteiger charge is -2.33. The Morgan fingerprint density at radius 3 is 2.71 bits per heavy atom. The van der Waals surface area contributed by atoms with Crippen molar-refractivity contribution in [2.45, 2.75) is 39.2 Å². The van der Waals surface area contributed by atoms with Crippen molar-refractivity contribution in [1.29, 1.82) is 0 Å². The van der Waals surface area contributed by atoms with Gasteiger partial charge in [-0.25, -0.2) is 14.2 Å². The van der Waals surface area contributed by atoms with E-state index in [-0.39, 0.29) is 0 Å². The number of aromatic nitrogens is 6. The molecule has 0 bridgehead atoms. The molecule has 1 unspecified atom stereocenters. The van der Waals surface area contributed by atoms with Gasteiger partial charge in [0, 0.05) is 30.8 Å². The van der Waals surface area contributed by atoms with Gasteiger partial charge in [0.2, 0.25) is 0 Å². The highest BCUT2D eigenvalue weighted by atomic mass is 15.4. The third-order valence-corrected chi connectivity index (χ3v) is 6.90. The van der Waals surface area contributed by atoms with Crippen LogP contribution in [0.4, 0.5) is 0 Å². The van der Waals surface area contributed by atoms with E-state index >= 15 is 0 Å². The molecular weight excluding hydrogens is 434 g/mol. The van der Waals surface area contributed by atoms with E-state index in [1.807, 2.05) is 30.1 Å². The zero-order valence-corrected chi connectivity index (χ0v) is 20.2. The fraction of sp³-hybridized carbons (Fsp3) is 0.286. The van der Waals surface area contributed by atoms with Crippen LogP contribution in [-0.4, -0.2) is 47.6 Å². The maximum Gasteiger partial charge on any atom is 0.163 e. The molecule has 1 aliphatic heterocycles. The second-order valence-electron chi connectivity index (χ2n) is 9.48. The first-order chi connectivity index (χ1) is 17.2. The molecule has 7 nitrogen and oxygen atoms in total. The molecule has 176 valence electrons. The average molecular weight is 464 g/mol. The van der Waals surface area contributed by atoms with Crippen LogP contribution in [0.1, 0.15) is 41.4 Å². The van der Waals surface area contributed by atoms with Gasteiger partial charge in [-0.05, 0) is 62.6 Å². The van der Waals surface area contributed by atoms with Crippen LogP contribution in [-0.2, 0) is 6.54 Å². The molecule has 0 amide bonds. The summed E-state index contributed by atoms with van der Waals surface area (Å²) in [5.74, 6) is 0.426. The minimum atomic E-state index is 0.426. The first-order valence-corrected chi connectivity index (χ1v) is 12.3. The summed E-state index contributed by atoms with van der Waals surface area (Å²) in [4.78, 5) is 7.35. The molecule has 1 fully saturated rings. The third-order valence-electron chi connectivity index (χ3n) is 6.90. The van der Waals surface area contributed by atoms with Crippen molar-refractivity contribution in [2.75, 3.05) is 13.1 Å². The highest BCUT2D eigenvalue weighted by Crippen LogP contribution is 2.33. The maximum atomic E-state index is 4.98. The van der Waals surface area contributed by atoms with Gasteiger partial charge in [-0.3, -0.25) is 4.90 Å². The minimum Gasteiger partial charge on any atom is -0.298 e. The van der Waals surface area contributed by atoms with Crippen molar-refractivity contribution >= 4 is 5.65 Å². The lowest BCUT2D eigenvalue weighted by atomic mass is 9.94. The standard InChI is InChI=1S/C28H29N7/c1-20-17-34(32-30-20)25-12-6-10-23(16-25)27-21(2)31-35-26(13-14-29-28(27)35)24-11-7-15-33(19-24)18-22-8-4-3-5-9-22/h3-6,8-10,12-14,16-17,24H,7,11,15,18-19H2,1-2H3. The molecule has 4 heterocycles. The van der Waals surface area contributed by atoms with Crippen molar-refractivity contribution in [3.8, 4) is 16.8 Å². The monoisotopic (exact) mass is 463 g/mol. The number of rotatable bonds is 5. The maximum absolute atomic E-state index is 4.98. The Hall–Kier alpha value is -3.84. The summed E-state index contributed by atoms with van der Waals surface area (Å²) in [5.41, 5.74) is 8.52. The van der Waals surface area contributed by atoms with Crippen molar-refractivity contribution in [3.63, 3.8) is 0 Å². The molecule has 7 heteroatoms. The van der Waals surface area contributed by atoms with E-state index < -0.39 is 0 Å². The summed E-state index contributed by atoms with van der Waals surface area (Å²) in [6.45, 7) is 7.17. The van der Waals surface area contributed by atoms with Crippen LogP contribution in [0.15, 0.2) is 73.1 Å². The molecule has 6 rings (SSSR count). The lowest BCUT2D eigenvalue weighted by molar-refractivity contribution is 0.197. The highest BCUT2D eigenvalue weighted by Gasteiger charge is 2.25. The van der Waals surface area contributed by atoms with E-state index in [2.05, 4.69) is 81.2 Å². The number of nitrogens with zero attached hydrogens (tertiary/aromatic N) is 7. The quantitative estimate of drug-likeness (QED) is 0.368. The van der Waals surface area contributed by atoms with E-state index in [1.165, 1.54) is 24.1 Å². The molecule has 1 saturated heterocycles. The van der Waals surface area contributed by atoms with Crippen LogP contribution < -0.4 is 0 Å². The van der Waals surface area contributed by atoms with Crippen molar-refractivity contribution in [1.82, 2.24) is 34.5 Å². The second kappa shape index (κ2) is 9.07. The zero-order chi connectivity index (χ0) is 23.8. The molecule has 0 aliphatic carbocycles. The van der Waals surface area contributed by atoms with Gasteiger partial charge in [-0.1, -0.05) is 47.7 Å². The van der Waals surface area contributed by atoms with Crippen molar-refractivity contribution in [2.24, 2.45) is 0 Å². The van der Waals surface area contributed by atoms with Gasteiger partial charge < -0.3 is 0 Å². The predicted octanol–water partition coefficient (Wildman–Crippen LogP) is 4.97. The van der Waals surface area contributed by atoms with Crippen LogP contribution >= 0.6 is 0 Å². The summed E-state index contributed by atoms with van der Waals surface area (Å²) in [6.07, 6.45) is 6.23. The van der Waals surface area contributed by atoms with Crippen LogP contribution in [0.2, 0.25) is 0 Å². The van der Waals surface area contributed by atoms with Gasteiger partial charge >= 0.3 is 0 Å². The first kappa shape index (κ1) is 21.7. The van der Waals surface area contributed by atoms with Crippen LogP contribution in [0, 0.1) is 13.8 Å². The summed E-state index contributed by atoms with van der Waals surface area (Å²) >= 11 is 0. The minimum absolute atomic E-state index is 0.426. The fourth-order valence-corrected chi connectivity index (χ4v) is 5.28. The number of benzene rings is 2. The Morgan fingerprint density at radius 1 is 1.00 bits per heavy atom. The smallest absolute Gasteiger partial charge is 0.163 e. The molecule has 3 aromatic heterocycles. The van der Waals surface area contributed by atoms with Gasteiger partial charge in [-0.2, -0.15) is 5.10 Å². The fourth-order valence-electron chi connectivity index (χ4n) is 5.28. The lowest BCUT2D eigenvalue weighted by Crippen LogP contribution is -2.34. The summed E-state index contributed by atoms with van der Waals surface area (Å²) < 4.78 is 3.88. The van der Waals surface area contributed by atoms with Gasteiger partial charge in [0.15, 0.2) is 5.65 Å². The number of hydrogen-bond donors (Lipinski definition) is 0. The Labute approximate surface area is 205 Å². The van der Waals surface area contributed by atoms with Crippen LogP contribution in [0.3, 0.4) is 0 Å². The molecule has 1 aliphatic rings. The zero-order valence-electron chi connectivity index (χ0n) is 20.2. The number of piperidine rings is 1. The third kappa shape index (κ3) is 4.23. The number of fused-ring (bicyclic) bond motifs is 1. The molecule has 5 aromatic rings. The molecule has 0 spiro atoms. The van der Waals surface area contributed by atoms with Gasteiger partial charge in [-0.15, -0.1) is 5.10 Å². The van der Waals surface area contributed by atoms with E-state index in [1.54, 1.807) is 0 Å². The van der Waals surface area contributed by atoms with Gasteiger partial charge in [0.1, 0.15) is 0 Å².